The molecule has 0 fully saturated rings. The predicted octanol–water partition coefficient (Wildman–Crippen LogP) is 8.62. The molecule has 0 aliphatic heterocycles. The van der Waals surface area contributed by atoms with Crippen LogP contribution >= 0.6 is 54.8 Å². The van der Waals surface area contributed by atoms with E-state index >= 15 is 0 Å². The van der Waals surface area contributed by atoms with E-state index in [-0.39, 0.29) is 16.5 Å². The number of halogens is 3. The number of esters is 1. The van der Waals surface area contributed by atoms with Gasteiger partial charge in [-0.3, -0.25) is 9.59 Å². The number of aryl methyl sites for hydroxylation is 1. The molecule has 4 aromatic carbocycles. The topological polar surface area (TPSA) is 96.9 Å². The Labute approximate surface area is 266 Å². The Hall–Kier alpha value is -3.83. The molecule has 0 aliphatic carbocycles. The summed E-state index contributed by atoms with van der Waals surface area (Å²) in [5.74, 6) is -1.07. The van der Waals surface area contributed by atoms with Gasteiger partial charge in [-0.05, 0) is 73.7 Å². The van der Waals surface area contributed by atoms with Crippen LogP contribution in [0.25, 0.3) is 10.1 Å². The standard InChI is InChI=1S/C31H20Br2ClN3O4S/c1-17-2-4-18(5-3-17)29(38)36-23-10-6-19(7-11-23)30(39)37-35-16-20-14-21(32)9-13-25(20)41-31(40)28-27(34)24-12-8-22(33)15-26(24)42-28/h2-16H,1H3,(H,36,38)(H,37,39)/b35-16-. The van der Waals surface area contributed by atoms with Gasteiger partial charge in [-0.1, -0.05) is 67.2 Å². The van der Waals surface area contributed by atoms with Gasteiger partial charge in [0.2, 0.25) is 0 Å². The third-order valence-corrected chi connectivity index (χ3v) is 8.66. The van der Waals surface area contributed by atoms with E-state index in [0.717, 1.165) is 24.6 Å². The van der Waals surface area contributed by atoms with E-state index in [4.69, 9.17) is 16.3 Å². The van der Waals surface area contributed by atoms with Crippen molar-refractivity contribution in [1.29, 1.82) is 0 Å². The third-order valence-electron chi connectivity index (χ3n) is 6.04. The number of carbonyl (C=O) groups excluding carboxylic acids is 3. The summed E-state index contributed by atoms with van der Waals surface area (Å²) in [6, 6.07) is 24.3. The number of rotatable bonds is 7. The van der Waals surface area contributed by atoms with Gasteiger partial charge in [-0.2, -0.15) is 5.10 Å². The Morgan fingerprint density at radius 3 is 2.24 bits per heavy atom. The minimum Gasteiger partial charge on any atom is -0.422 e. The summed E-state index contributed by atoms with van der Waals surface area (Å²) >= 11 is 14.5. The quantitative estimate of drug-likeness (QED) is 0.0760. The van der Waals surface area contributed by atoms with Gasteiger partial charge in [0, 0.05) is 41.4 Å². The lowest BCUT2D eigenvalue weighted by Gasteiger charge is -2.08. The summed E-state index contributed by atoms with van der Waals surface area (Å²) in [4.78, 5) is 38.4. The van der Waals surface area contributed by atoms with Crippen molar-refractivity contribution in [2.75, 3.05) is 5.32 Å². The SMILES string of the molecule is Cc1ccc(C(=O)Nc2ccc(C(=O)N/N=C\c3cc(Br)ccc3OC(=O)c3sc4cc(Br)ccc4c3Cl)cc2)cc1. The summed E-state index contributed by atoms with van der Waals surface area (Å²) < 4.78 is 8.12. The molecule has 5 aromatic rings. The molecule has 0 saturated carbocycles. The van der Waals surface area contributed by atoms with Gasteiger partial charge in [0.25, 0.3) is 11.8 Å². The molecular formula is C31H20Br2ClN3O4S. The molecule has 0 saturated heterocycles. The zero-order valence-corrected chi connectivity index (χ0v) is 26.5. The second-order valence-corrected chi connectivity index (χ2v) is 12.3. The molecule has 7 nitrogen and oxygen atoms in total. The molecule has 0 unspecified atom stereocenters. The molecule has 5 rings (SSSR count). The number of hydrogen-bond acceptors (Lipinski definition) is 6. The van der Waals surface area contributed by atoms with Crippen LogP contribution in [-0.4, -0.2) is 24.0 Å². The number of carbonyl (C=O) groups is 3. The number of ether oxygens (including phenoxy) is 1. The van der Waals surface area contributed by atoms with Gasteiger partial charge in [0.1, 0.15) is 10.6 Å². The van der Waals surface area contributed by atoms with Crippen LogP contribution in [0.1, 0.15) is 41.5 Å². The zero-order valence-electron chi connectivity index (χ0n) is 21.8. The normalized spacial score (nSPS) is 11.0. The number of thiophene rings is 1. The maximum Gasteiger partial charge on any atom is 0.355 e. The van der Waals surface area contributed by atoms with Crippen LogP contribution in [0.4, 0.5) is 5.69 Å². The largest absolute Gasteiger partial charge is 0.422 e. The number of anilines is 1. The number of hydrogen-bond donors (Lipinski definition) is 2. The van der Waals surface area contributed by atoms with Crippen molar-refractivity contribution < 1.29 is 19.1 Å². The average Bonchev–Trinajstić information content (AvgIpc) is 3.30. The summed E-state index contributed by atoms with van der Waals surface area (Å²) in [6.45, 7) is 1.95. The molecule has 0 bridgehead atoms. The molecule has 2 amide bonds. The van der Waals surface area contributed by atoms with Crippen LogP contribution in [-0.2, 0) is 0 Å². The first kappa shape index (κ1) is 29.7. The van der Waals surface area contributed by atoms with Crippen LogP contribution in [0.3, 0.4) is 0 Å². The number of fused-ring (bicyclic) bond motifs is 1. The number of hydrazone groups is 1. The molecule has 1 heterocycles. The Morgan fingerprint density at radius 1 is 0.857 bits per heavy atom. The first-order chi connectivity index (χ1) is 20.2. The number of amides is 2. The fraction of sp³-hybridized carbons (Fsp3) is 0.0323. The van der Waals surface area contributed by atoms with E-state index in [1.54, 1.807) is 54.6 Å². The molecular weight excluding hydrogens is 706 g/mol. The molecule has 0 aliphatic rings. The van der Waals surface area contributed by atoms with E-state index in [1.807, 2.05) is 37.3 Å². The molecule has 42 heavy (non-hydrogen) atoms. The number of nitrogens with one attached hydrogen (secondary N) is 2. The van der Waals surface area contributed by atoms with Gasteiger partial charge in [-0.25, -0.2) is 10.2 Å². The van der Waals surface area contributed by atoms with Crippen LogP contribution in [0.2, 0.25) is 5.02 Å². The van der Waals surface area contributed by atoms with Gasteiger partial charge >= 0.3 is 5.97 Å². The highest BCUT2D eigenvalue weighted by molar-refractivity contribution is 9.10. The second-order valence-electron chi connectivity index (χ2n) is 9.05. The van der Waals surface area contributed by atoms with E-state index < -0.39 is 11.9 Å². The van der Waals surface area contributed by atoms with Gasteiger partial charge in [0.15, 0.2) is 0 Å². The van der Waals surface area contributed by atoms with Crippen LogP contribution < -0.4 is 15.5 Å². The first-order valence-electron chi connectivity index (χ1n) is 12.4. The smallest absolute Gasteiger partial charge is 0.355 e. The molecule has 1 aromatic heterocycles. The zero-order chi connectivity index (χ0) is 29.8. The summed E-state index contributed by atoms with van der Waals surface area (Å²) in [5.41, 5.74) is 5.41. The first-order valence-corrected chi connectivity index (χ1v) is 15.2. The second kappa shape index (κ2) is 13.0. The lowest BCUT2D eigenvalue weighted by molar-refractivity contribution is 0.0739. The summed E-state index contributed by atoms with van der Waals surface area (Å²) in [7, 11) is 0. The van der Waals surface area contributed by atoms with Crippen molar-refractivity contribution >= 4 is 94.6 Å². The maximum atomic E-state index is 13.0. The minimum atomic E-state index is -0.604. The molecule has 2 N–H and O–H groups in total. The van der Waals surface area contributed by atoms with Crippen molar-refractivity contribution in [2.24, 2.45) is 5.10 Å². The van der Waals surface area contributed by atoms with Crippen molar-refractivity contribution in [1.82, 2.24) is 5.43 Å². The van der Waals surface area contributed by atoms with Crippen molar-refractivity contribution in [2.45, 2.75) is 6.92 Å². The molecule has 0 atom stereocenters. The Balaban J connectivity index is 1.24. The summed E-state index contributed by atoms with van der Waals surface area (Å²) in [5, 5.41) is 7.94. The Kier molecular flexibility index (Phi) is 9.18. The lowest BCUT2D eigenvalue weighted by atomic mass is 10.1. The fourth-order valence-electron chi connectivity index (χ4n) is 3.87. The van der Waals surface area contributed by atoms with Gasteiger partial charge in [-0.15, -0.1) is 11.3 Å². The Morgan fingerprint density at radius 2 is 1.50 bits per heavy atom. The van der Waals surface area contributed by atoms with Crippen LogP contribution in [0.15, 0.2) is 99.0 Å². The number of benzene rings is 4. The van der Waals surface area contributed by atoms with Crippen molar-refractivity contribution in [3.63, 3.8) is 0 Å². The van der Waals surface area contributed by atoms with Crippen molar-refractivity contribution in [3.05, 3.63) is 126 Å². The fourth-order valence-corrected chi connectivity index (χ4v) is 6.18. The van der Waals surface area contributed by atoms with Gasteiger partial charge < -0.3 is 10.1 Å². The van der Waals surface area contributed by atoms with Crippen LogP contribution in [0, 0.1) is 6.92 Å². The van der Waals surface area contributed by atoms with Crippen LogP contribution in [0.5, 0.6) is 5.75 Å². The van der Waals surface area contributed by atoms with E-state index in [1.165, 1.54) is 17.6 Å². The molecule has 0 radical (unpaired) electrons. The lowest BCUT2D eigenvalue weighted by Crippen LogP contribution is -2.18. The minimum absolute atomic E-state index is 0.240. The highest BCUT2D eigenvalue weighted by Gasteiger charge is 2.20. The van der Waals surface area contributed by atoms with Crippen molar-refractivity contribution in [3.8, 4) is 5.75 Å². The highest BCUT2D eigenvalue weighted by atomic mass is 79.9. The molecule has 11 heteroatoms. The average molecular weight is 726 g/mol. The Bertz CT molecular complexity index is 1860. The van der Waals surface area contributed by atoms with E-state index in [2.05, 4.69) is 47.7 Å². The molecule has 0 spiro atoms. The van der Waals surface area contributed by atoms with E-state index in [9.17, 15) is 14.4 Å². The number of nitrogens with zero attached hydrogens (tertiary/aromatic N) is 1. The predicted molar refractivity (Wildman–Crippen MR) is 174 cm³/mol. The highest BCUT2D eigenvalue weighted by Crippen LogP contribution is 2.37. The van der Waals surface area contributed by atoms with E-state index in [0.29, 0.717) is 27.4 Å². The summed E-state index contributed by atoms with van der Waals surface area (Å²) in [6.07, 6.45) is 1.38. The van der Waals surface area contributed by atoms with Gasteiger partial charge in [0.05, 0.1) is 11.2 Å². The third kappa shape index (κ3) is 6.96. The maximum absolute atomic E-state index is 13.0. The molecule has 210 valence electrons. The monoisotopic (exact) mass is 723 g/mol.